The first-order valence-corrected chi connectivity index (χ1v) is 6.15. The maximum absolute atomic E-state index is 10.8. The molecule has 0 aliphatic heterocycles. The van der Waals surface area contributed by atoms with Gasteiger partial charge in [0, 0.05) is 6.54 Å². The first kappa shape index (κ1) is 12.7. The smallest absolute Gasteiger partial charge is 0.306 e. The molecule has 4 heteroatoms. The quantitative estimate of drug-likeness (QED) is 0.841. The van der Waals surface area contributed by atoms with E-state index >= 15 is 0 Å². The van der Waals surface area contributed by atoms with Gasteiger partial charge in [0.25, 0.3) is 0 Å². The van der Waals surface area contributed by atoms with Crippen molar-refractivity contribution in [3.05, 3.63) is 23.3 Å². The van der Waals surface area contributed by atoms with Gasteiger partial charge in [-0.05, 0) is 43.4 Å². The van der Waals surface area contributed by atoms with Crippen molar-refractivity contribution in [3.8, 4) is 5.75 Å². The van der Waals surface area contributed by atoms with E-state index in [2.05, 4.69) is 11.4 Å². The molecule has 2 rings (SSSR count). The maximum Gasteiger partial charge on any atom is 0.306 e. The molecule has 2 N–H and O–H groups in total. The molecule has 0 heterocycles. The molecule has 1 aromatic carbocycles. The molecule has 1 fully saturated rings. The molecule has 1 aliphatic rings. The van der Waals surface area contributed by atoms with Crippen LogP contribution in [0.25, 0.3) is 0 Å². The van der Waals surface area contributed by atoms with Gasteiger partial charge in [0.2, 0.25) is 0 Å². The molecule has 2 unspecified atom stereocenters. The Morgan fingerprint density at radius 1 is 1.50 bits per heavy atom. The predicted molar refractivity (Wildman–Crippen MR) is 70.2 cm³/mol. The van der Waals surface area contributed by atoms with Crippen LogP contribution in [0, 0.1) is 25.7 Å². The second kappa shape index (κ2) is 4.88. The highest BCUT2D eigenvalue weighted by Gasteiger charge is 2.42. The number of anilines is 1. The van der Waals surface area contributed by atoms with E-state index in [0.717, 1.165) is 23.4 Å². The lowest BCUT2D eigenvalue weighted by Crippen LogP contribution is -2.09. The molecule has 2 atom stereocenters. The summed E-state index contributed by atoms with van der Waals surface area (Å²) in [4.78, 5) is 10.8. The van der Waals surface area contributed by atoms with E-state index in [9.17, 15) is 4.79 Å². The lowest BCUT2D eigenvalue weighted by atomic mass is 10.1. The van der Waals surface area contributed by atoms with Gasteiger partial charge in [-0.1, -0.05) is 6.07 Å². The van der Waals surface area contributed by atoms with Gasteiger partial charge in [-0.25, -0.2) is 0 Å². The van der Waals surface area contributed by atoms with Crippen molar-refractivity contribution in [2.75, 3.05) is 19.0 Å². The molecular weight excluding hydrogens is 230 g/mol. The number of nitrogens with one attached hydrogen (secondary N) is 1. The molecule has 0 amide bonds. The van der Waals surface area contributed by atoms with Crippen LogP contribution in [0.4, 0.5) is 5.69 Å². The van der Waals surface area contributed by atoms with Crippen molar-refractivity contribution in [1.29, 1.82) is 0 Å². The van der Waals surface area contributed by atoms with E-state index in [1.165, 1.54) is 5.56 Å². The number of rotatable bonds is 5. The number of benzene rings is 1. The van der Waals surface area contributed by atoms with E-state index in [-0.39, 0.29) is 11.8 Å². The molecule has 0 spiro atoms. The Bertz CT molecular complexity index is 470. The summed E-state index contributed by atoms with van der Waals surface area (Å²) in [5.41, 5.74) is 3.21. The molecule has 1 aliphatic carbocycles. The SMILES string of the molecule is COc1c(C)cc(C)cc1NCC1CC1C(=O)O. The number of methoxy groups -OCH3 is 1. The highest BCUT2D eigenvalue weighted by atomic mass is 16.5. The largest absolute Gasteiger partial charge is 0.494 e. The first-order chi connectivity index (χ1) is 8.52. The van der Waals surface area contributed by atoms with E-state index in [1.54, 1.807) is 7.11 Å². The third-order valence-electron chi connectivity index (χ3n) is 3.42. The third-order valence-corrected chi connectivity index (χ3v) is 3.42. The van der Waals surface area contributed by atoms with Crippen LogP contribution >= 0.6 is 0 Å². The topological polar surface area (TPSA) is 58.6 Å². The van der Waals surface area contributed by atoms with Gasteiger partial charge in [-0.2, -0.15) is 0 Å². The lowest BCUT2D eigenvalue weighted by molar-refractivity contribution is -0.138. The molecule has 98 valence electrons. The summed E-state index contributed by atoms with van der Waals surface area (Å²) in [6.45, 7) is 4.74. The molecular formula is C14H19NO3. The van der Waals surface area contributed by atoms with Crippen LogP contribution in [0.15, 0.2) is 12.1 Å². The number of hydrogen-bond acceptors (Lipinski definition) is 3. The summed E-state index contributed by atoms with van der Waals surface area (Å²) >= 11 is 0. The van der Waals surface area contributed by atoms with Crippen LogP contribution in [-0.2, 0) is 4.79 Å². The molecule has 1 saturated carbocycles. The predicted octanol–water partition coefficient (Wildman–Crippen LogP) is 2.44. The van der Waals surface area contributed by atoms with Crippen LogP contribution in [0.2, 0.25) is 0 Å². The van der Waals surface area contributed by atoms with Gasteiger partial charge >= 0.3 is 5.97 Å². The number of carbonyl (C=O) groups is 1. The van der Waals surface area contributed by atoms with Crippen molar-refractivity contribution in [2.45, 2.75) is 20.3 Å². The minimum atomic E-state index is -0.686. The highest BCUT2D eigenvalue weighted by Crippen LogP contribution is 2.39. The van der Waals surface area contributed by atoms with Crippen molar-refractivity contribution in [3.63, 3.8) is 0 Å². The Morgan fingerprint density at radius 2 is 2.22 bits per heavy atom. The van der Waals surface area contributed by atoms with Gasteiger partial charge in [0.1, 0.15) is 5.75 Å². The molecule has 0 bridgehead atoms. The molecule has 0 saturated heterocycles. The van der Waals surface area contributed by atoms with Crippen LogP contribution in [0.5, 0.6) is 5.75 Å². The van der Waals surface area contributed by atoms with Crippen LogP contribution in [-0.4, -0.2) is 24.7 Å². The van der Waals surface area contributed by atoms with Crippen LogP contribution in [0.3, 0.4) is 0 Å². The Kier molecular flexibility index (Phi) is 3.45. The van der Waals surface area contributed by atoms with Crippen molar-refractivity contribution < 1.29 is 14.6 Å². The highest BCUT2D eigenvalue weighted by molar-refractivity contribution is 5.73. The molecule has 0 radical (unpaired) electrons. The molecule has 1 aromatic rings. The van der Waals surface area contributed by atoms with Crippen LogP contribution in [0.1, 0.15) is 17.5 Å². The van der Waals surface area contributed by atoms with E-state index in [1.807, 2.05) is 19.9 Å². The number of aryl methyl sites for hydroxylation is 2. The average molecular weight is 249 g/mol. The van der Waals surface area contributed by atoms with Gasteiger partial charge in [-0.15, -0.1) is 0 Å². The Morgan fingerprint density at radius 3 is 2.78 bits per heavy atom. The van der Waals surface area contributed by atoms with Crippen molar-refractivity contribution in [1.82, 2.24) is 0 Å². The summed E-state index contributed by atoms with van der Waals surface area (Å²) in [5.74, 6) is 0.227. The Labute approximate surface area is 107 Å². The number of hydrogen-bond donors (Lipinski definition) is 2. The van der Waals surface area contributed by atoms with E-state index in [0.29, 0.717) is 6.54 Å². The first-order valence-electron chi connectivity index (χ1n) is 6.15. The molecule has 0 aromatic heterocycles. The van der Waals surface area contributed by atoms with Crippen molar-refractivity contribution >= 4 is 11.7 Å². The second-order valence-electron chi connectivity index (χ2n) is 4.98. The fourth-order valence-electron chi connectivity index (χ4n) is 2.37. The van der Waals surface area contributed by atoms with Gasteiger partial charge in [0.15, 0.2) is 0 Å². The van der Waals surface area contributed by atoms with E-state index < -0.39 is 5.97 Å². The number of carboxylic acids is 1. The zero-order chi connectivity index (χ0) is 13.3. The Hall–Kier alpha value is -1.71. The standard InChI is InChI=1S/C14H19NO3/c1-8-4-9(2)13(18-3)12(5-8)15-7-10-6-11(10)14(16)17/h4-5,10-11,15H,6-7H2,1-3H3,(H,16,17). The van der Waals surface area contributed by atoms with Gasteiger partial charge in [0.05, 0.1) is 18.7 Å². The summed E-state index contributed by atoms with van der Waals surface area (Å²) in [5, 5.41) is 12.2. The fourth-order valence-corrected chi connectivity index (χ4v) is 2.37. The minimum Gasteiger partial charge on any atom is -0.494 e. The Balaban J connectivity index is 2.03. The van der Waals surface area contributed by atoms with Gasteiger partial charge < -0.3 is 15.2 Å². The monoisotopic (exact) mass is 249 g/mol. The summed E-state index contributed by atoms with van der Waals surface area (Å²) in [6.07, 6.45) is 0.773. The van der Waals surface area contributed by atoms with E-state index in [4.69, 9.17) is 9.84 Å². The van der Waals surface area contributed by atoms with Gasteiger partial charge in [-0.3, -0.25) is 4.79 Å². The average Bonchev–Trinajstić information content (AvgIpc) is 3.05. The van der Waals surface area contributed by atoms with Crippen LogP contribution < -0.4 is 10.1 Å². The normalized spacial score (nSPS) is 21.5. The lowest BCUT2D eigenvalue weighted by Gasteiger charge is -2.14. The molecule has 18 heavy (non-hydrogen) atoms. The zero-order valence-corrected chi connectivity index (χ0v) is 11.0. The molecule has 4 nitrogen and oxygen atoms in total. The fraction of sp³-hybridized carbons (Fsp3) is 0.500. The number of aliphatic carboxylic acids is 1. The summed E-state index contributed by atoms with van der Waals surface area (Å²) in [6, 6.07) is 4.10. The third kappa shape index (κ3) is 2.58. The summed E-state index contributed by atoms with van der Waals surface area (Å²) in [7, 11) is 1.65. The zero-order valence-electron chi connectivity index (χ0n) is 11.0. The van der Waals surface area contributed by atoms with Crippen molar-refractivity contribution in [2.24, 2.45) is 11.8 Å². The maximum atomic E-state index is 10.8. The second-order valence-corrected chi connectivity index (χ2v) is 4.98. The number of ether oxygens (including phenoxy) is 1. The summed E-state index contributed by atoms with van der Waals surface area (Å²) < 4.78 is 5.38. The number of carboxylic acid groups (broad SMARTS) is 1. The minimum absolute atomic E-state index is 0.172.